The van der Waals surface area contributed by atoms with Crippen LogP contribution in [0.2, 0.25) is 0 Å². The van der Waals surface area contributed by atoms with Gasteiger partial charge in [0.1, 0.15) is 0 Å². The van der Waals surface area contributed by atoms with Gasteiger partial charge in [0.15, 0.2) is 5.79 Å². The zero-order valence-corrected chi connectivity index (χ0v) is 8.04. The molecule has 0 saturated carbocycles. The van der Waals surface area contributed by atoms with Crippen LogP contribution >= 0.6 is 0 Å². The molecule has 0 bridgehead atoms. The molecule has 0 atom stereocenters. The molecule has 1 heterocycles. The van der Waals surface area contributed by atoms with E-state index in [0.717, 1.165) is 16.7 Å². The molecule has 0 aromatic heterocycles. The summed E-state index contributed by atoms with van der Waals surface area (Å²) in [5.41, 5.74) is 20.4. The molecule has 0 amide bonds. The number of rotatable bonds is 1. The lowest BCUT2D eigenvalue weighted by Crippen LogP contribution is -2.61. The highest BCUT2D eigenvalue weighted by atomic mass is 15.5. The predicted molar refractivity (Wildman–Crippen MR) is 56.5 cm³/mol. The van der Waals surface area contributed by atoms with Crippen molar-refractivity contribution in [2.75, 3.05) is 0 Å². The van der Waals surface area contributed by atoms with E-state index in [4.69, 9.17) is 11.5 Å². The summed E-state index contributed by atoms with van der Waals surface area (Å²) in [6.07, 6.45) is 1.79. The molecule has 1 aromatic carbocycles. The Balaban J connectivity index is 2.46. The lowest BCUT2D eigenvalue weighted by molar-refractivity contribution is 0.440. The van der Waals surface area contributed by atoms with Gasteiger partial charge in [0.05, 0.1) is 0 Å². The highest BCUT2D eigenvalue weighted by molar-refractivity contribution is 5.75. The maximum Gasteiger partial charge on any atom is 0.164 e. The Kier molecular flexibility index (Phi) is 2.03. The molecule has 6 N–H and O–H groups in total. The number of hydrogen-bond donors (Lipinski definition) is 4. The van der Waals surface area contributed by atoms with Crippen molar-refractivity contribution >= 4 is 5.57 Å². The van der Waals surface area contributed by atoms with Gasteiger partial charge in [-0.2, -0.15) is 0 Å². The van der Waals surface area contributed by atoms with Crippen LogP contribution in [0.3, 0.4) is 0 Å². The summed E-state index contributed by atoms with van der Waals surface area (Å²) in [5, 5.41) is 0. The van der Waals surface area contributed by atoms with Crippen molar-refractivity contribution in [1.29, 1.82) is 0 Å². The second-order valence-electron chi connectivity index (χ2n) is 3.51. The molecule has 0 unspecified atom stereocenters. The second-order valence-corrected chi connectivity index (χ2v) is 3.51. The Morgan fingerprint density at radius 1 is 1.21 bits per heavy atom. The number of aryl methyl sites for hydroxylation is 1. The predicted octanol–water partition coefficient (Wildman–Crippen LogP) is 0.0149. The first-order valence-electron chi connectivity index (χ1n) is 4.48. The summed E-state index contributed by atoms with van der Waals surface area (Å²) >= 11 is 0. The minimum absolute atomic E-state index is 0.871. The van der Waals surface area contributed by atoms with Crippen LogP contribution in [0.5, 0.6) is 0 Å². The molecular weight excluding hydrogens is 176 g/mol. The second kappa shape index (κ2) is 3.09. The van der Waals surface area contributed by atoms with Crippen molar-refractivity contribution in [1.82, 2.24) is 10.9 Å². The maximum atomic E-state index is 5.86. The molecule has 0 radical (unpaired) electrons. The van der Waals surface area contributed by atoms with E-state index in [2.05, 4.69) is 10.9 Å². The number of nitrogens with one attached hydrogen (secondary N) is 2. The van der Waals surface area contributed by atoms with E-state index in [-0.39, 0.29) is 0 Å². The molecule has 4 heteroatoms. The van der Waals surface area contributed by atoms with Crippen LogP contribution in [-0.4, -0.2) is 5.79 Å². The van der Waals surface area contributed by atoms with Crippen molar-refractivity contribution in [2.45, 2.75) is 12.7 Å². The van der Waals surface area contributed by atoms with Crippen molar-refractivity contribution < 1.29 is 0 Å². The standard InChI is InChI=1S/C10H14N4/c1-7-4-2-3-5-8(7)9-6-13-14-10(9,11)12/h2-6,13-14H,11-12H2,1H3. The Hall–Kier alpha value is -1.36. The highest BCUT2D eigenvalue weighted by Crippen LogP contribution is 2.24. The Morgan fingerprint density at radius 2 is 1.93 bits per heavy atom. The number of nitrogens with two attached hydrogens (primary N) is 2. The first kappa shape index (κ1) is 9.21. The van der Waals surface area contributed by atoms with Gasteiger partial charge >= 0.3 is 0 Å². The molecule has 1 aromatic rings. The van der Waals surface area contributed by atoms with Crippen LogP contribution < -0.4 is 22.3 Å². The van der Waals surface area contributed by atoms with Crippen LogP contribution in [0.4, 0.5) is 0 Å². The summed E-state index contributed by atoms with van der Waals surface area (Å²) in [6.45, 7) is 2.03. The van der Waals surface area contributed by atoms with Crippen LogP contribution in [0.25, 0.3) is 5.57 Å². The quantitative estimate of drug-likeness (QED) is 0.471. The fourth-order valence-electron chi connectivity index (χ4n) is 1.59. The van der Waals surface area contributed by atoms with Gasteiger partial charge in [0.25, 0.3) is 0 Å². The van der Waals surface area contributed by atoms with Crippen molar-refractivity contribution in [3.8, 4) is 0 Å². The topological polar surface area (TPSA) is 76.1 Å². The molecule has 1 aliphatic rings. The summed E-state index contributed by atoms with van der Waals surface area (Å²) in [5.74, 6) is -0.994. The van der Waals surface area contributed by atoms with Crippen LogP contribution in [0, 0.1) is 6.92 Å². The normalized spacial score (nSPS) is 18.9. The molecule has 1 aliphatic heterocycles. The van der Waals surface area contributed by atoms with Gasteiger partial charge in [-0.25, -0.2) is 5.43 Å². The first-order chi connectivity index (χ1) is 6.61. The van der Waals surface area contributed by atoms with E-state index in [1.54, 1.807) is 6.20 Å². The Labute approximate surface area is 82.9 Å². The first-order valence-corrected chi connectivity index (χ1v) is 4.48. The minimum Gasteiger partial charge on any atom is -0.325 e. The Bertz CT molecular complexity index is 381. The summed E-state index contributed by atoms with van der Waals surface area (Å²) in [6, 6.07) is 8.00. The average Bonchev–Trinajstić information content (AvgIpc) is 2.46. The molecule has 0 fully saturated rings. The van der Waals surface area contributed by atoms with Crippen molar-refractivity contribution in [2.24, 2.45) is 11.5 Å². The van der Waals surface area contributed by atoms with Gasteiger partial charge in [-0.1, -0.05) is 24.3 Å². The van der Waals surface area contributed by atoms with Gasteiger partial charge in [0, 0.05) is 11.8 Å². The fraction of sp³-hybridized carbons (Fsp3) is 0.200. The molecular formula is C10H14N4. The fourth-order valence-corrected chi connectivity index (χ4v) is 1.59. The zero-order chi connectivity index (χ0) is 10.2. The van der Waals surface area contributed by atoms with E-state index >= 15 is 0 Å². The van der Waals surface area contributed by atoms with Gasteiger partial charge in [-0.05, 0) is 18.1 Å². The van der Waals surface area contributed by atoms with E-state index in [1.807, 2.05) is 31.2 Å². The van der Waals surface area contributed by atoms with E-state index in [1.165, 1.54) is 0 Å². The average molecular weight is 190 g/mol. The molecule has 4 nitrogen and oxygen atoms in total. The zero-order valence-electron chi connectivity index (χ0n) is 8.04. The summed E-state index contributed by atoms with van der Waals surface area (Å²) in [4.78, 5) is 0. The number of hydrazine groups is 1. The summed E-state index contributed by atoms with van der Waals surface area (Å²) < 4.78 is 0. The SMILES string of the molecule is Cc1ccccc1C1=CNNC1(N)N. The molecule has 74 valence electrons. The third-order valence-electron chi connectivity index (χ3n) is 2.38. The van der Waals surface area contributed by atoms with Gasteiger partial charge < -0.3 is 5.43 Å². The minimum atomic E-state index is -0.994. The lowest BCUT2D eigenvalue weighted by Gasteiger charge is -2.22. The maximum absolute atomic E-state index is 5.86. The molecule has 0 spiro atoms. The van der Waals surface area contributed by atoms with Crippen LogP contribution in [-0.2, 0) is 0 Å². The molecule has 0 aliphatic carbocycles. The molecule has 2 rings (SSSR count). The van der Waals surface area contributed by atoms with Crippen LogP contribution in [0.15, 0.2) is 30.5 Å². The van der Waals surface area contributed by atoms with Crippen molar-refractivity contribution in [3.63, 3.8) is 0 Å². The highest BCUT2D eigenvalue weighted by Gasteiger charge is 2.30. The largest absolute Gasteiger partial charge is 0.325 e. The van der Waals surface area contributed by atoms with E-state index < -0.39 is 5.79 Å². The summed E-state index contributed by atoms with van der Waals surface area (Å²) in [7, 11) is 0. The number of benzene rings is 1. The van der Waals surface area contributed by atoms with E-state index in [9.17, 15) is 0 Å². The molecule has 14 heavy (non-hydrogen) atoms. The van der Waals surface area contributed by atoms with Crippen molar-refractivity contribution in [3.05, 3.63) is 41.6 Å². The van der Waals surface area contributed by atoms with Gasteiger partial charge in [0.2, 0.25) is 0 Å². The van der Waals surface area contributed by atoms with Crippen LogP contribution in [0.1, 0.15) is 11.1 Å². The number of hydrogen-bond acceptors (Lipinski definition) is 4. The monoisotopic (exact) mass is 190 g/mol. The van der Waals surface area contributed by atoms with Gasteiger partial charge in [-0.15, -0.1) is 0 Å². The van der Waals surface area contributed by atoms with Gasteiger partial charge in [-0.3, -0.25) is 11.5 Å². The van der Waals surface area contributed by atoms with E-state index in [0.29, 0.717) is 0 Å². The smallest absolute Gasteiger partial charge is 0.164 e. The third kappa shape index (κ3) is 1.39. The third-order valence-corrected chi connectivity index (χ3v) is 2.38. The molecule has 0 saturated heterocycles. The lowest BCUT2D eigenvalue weighted by atomic mass is 9.97. The Morgan fingerprint density at radius 3 is 2.50 bits per heavy atom.